The molecule has 60 valence electrons. The Bertz CT molecular complexity index is 91.6. The molecule has 10 heavy (non-hydrogen) atoms. The highest BCUT2D eigenvalue weighted by Crippen LogP contribution is 2.13. The number of ether oxygens (including phenoxy) is 1. The van der Waals surface area contributed by atoms with Gasteiger partial charge >= 0.3 is 0 Å². The summed E-state index contributed by atoms with van der Waals surface area (Å²) in [7, 11) is 3.92. The molecular weight excluding hydrogens is 128 g/mol. The van der Waals surface area contributed by atoms with Gasteiger partial charge in [0, 0.05) is 13.7 Å². The van der Waals surface area contributed by atoms with E-state index in [2.05, 4.69) is 5.43 Å². The van der Waals surface area contributed by atoms with Gasteiger partial charge in [-0.2, -0.15) is 0 Å². The number of hydrogen-bond acceptors (Lipinski definition) is 3. The molecule has 1 unspecified atom stereocenters. The van der Waals surface area contributed by atoms with Crippen molar-refractivity contribution in [3.8, 4) is 0 Å². The maximum Gasteiger partial charge on any atom is 0.122 e. The average Bonchev–Trinajstić information content (AvgIpc) is 2.05. The molecule has 1 atom stereocenters. The minimum atomic E-state index is 0.291. The number of nitrogens with zero attached hydrogens (tertiary/aromatic N) is 1. The molecule has 0 aromatic carbocycles. The van der Waals surface area contributed by atoms with Crippen LogP contribution in [0.5, 0.6) is 0 Å². The first-order valence-corrected chi connectivity index (χ1v) is 3.86. The molecule has 0 radical (unpaired) electrons. The van der Waals surface area contributed by atoms with Crippen LogP contribution in [-0.2, 0) is 4.74 Å². The SMILES string of the molecule is CNN(C)C1CCCCO1. The van der Waals surface area contributed by atoms with Gasteiger partial charge in [-0.3, -0.25) is 5.43 Å². The van der Waals surface area contributed by atoms with Crippen molar-refractivity contribution >= 4 is 0 Å². The summed E-state index contributed by atoms with van der Waals surface area (Å²) in [5.74, 6) is 0. The lowest BCUT2D eigenvalue weighted by molar-refractivity contribution is -0.0922. The van der Waals surface area contributed by atoms with E-state index in [0.717, 1.165) is 13.0 Å². The maximum absolute atomic E-state index is 5.49. The molecule has 1 heterocycles. The smallest absolute Gasteiger partial charge is 0.122 e. The van der Waals surface area contributed by atoms with E-state index in [4.69, 9.17) is 4.74 Å². The molecule has 0 spiro atoms. The summed E-state index contributed by atoms with van der Waals surface area (Å²) in [6.45, 7) is 0.913. The van der Waals surface area contributed by atoms with Gasteiger partial charge in [-0.05, 0) is 26.3 Å². The first-order valence-electron chi connectivity index (χ1n) is 3.86. The van der Waals surface area contributed by atoms with Crippen LogP contribution < -0.4 is 5.43 Å². The second kappa shape index (κ2) is 3.91. The minimum absolute atomic E-state index is 0.291. The van der Waals surface area contributed by atoms with Crippen molar-refractivity contribution in [3.63, 3.8) is 0 Å². The van der Waals surface area contributed by atoms with Crippen LogP contribution in [0.4, 0.5) is 0 Å². The van der Waals surface area contributed by atoms with E-state index in [1.165, 1.54) is 12.8 Å². The van der Waals surface area contributed by atoms with Gasteiger partial charge in [0.15, 0.2) is 0 Å². The van der Waals surface area contributed by atoms with E-state index in [9.17, 15) is 0 Å². The summed E-state index contributed by atoms with van der Waals surface area (Å²) in [4.78, 5) is 0. The van der Waals surface area contributed by atoms with Gasteiger partial charge in [0.25, 0.3) is 0 Å². The Morgan fingerprint density at radius 2 is 2.30 bits per heavy atom. The fourth-order valence-electron chi connectivity index (χ4n) is 1.17. The van der Waals surface area contributed by atoms with Gasteiger partial charge in [-0.15, -0.1) is 0 Å². The molecule has 0 saturated carbocycles. The van der Waals surface area contributed by atoms with E-state index >= 15 is 0 Å². The standard InChI is InChI=1S/C7H16N2O/c1-8-9(2)7-5-3-4-6-10-7/h7-8H,3-6H2,1-2H3. The van der Waals surface area contributed by atoms with Crippen molar-refractivity contribution in [2.45, 2.75) is 25.5 Å². The lowest BCUT2D eigenvalue weighted by Crippen LogP contribution is -2.43. The van der Waals surface area contributed by atoms with E-state index < -0.39 is 0 Å². The zero-order chi connectivity index (χ0) is 7.40. The molecule has 0 amide bonds. The number of rotatable bonds is 2. The molecule has 0 aromatic rings. The average molecular weight is 144 g/mol. The van der Waals surface area contributed by atoms with Gasteiger partial charge in [-0.25, -0.2) is 5.01 Å². The lowest BCUT2D eigenvalue weighted by Gasteiger charge is -2.30. The van der Waals surface area contributed by atoms with Crippen molar-refractivity contribution in [1.82, 2.24) is 10.4 Å². The molecule has 0 aromatic heterocycles. The van der Waals surface area contributed by atoms with Crippen molar-refractivity contribution in [2.75, 3.05) is 20.7 Å². The molecule has 0 aliphatic carbocycles. The van der Waals surface area contributed by atoms with E-state index in [1.807, 2.05) is 19.1 Å². The molecule has 1 aliphatic rings. The summed E-state index contributed by atoms with van der Waals surface area (Å²) in [6.07, 6.45) is 3.95. The largest absolute Gasteiger partial charge is 0.362 e. The zero-order valence-electron chi connectivity index (χ0n) is 6.76. The summed E-state index contributed by atoms with van der Waals surface area (Å²) in [5.41, 5.74) is 3.04. The van der Waals surface area contributed by atoms with Gasteiger partial charge in [0.05, 0.1) is 0 Å². The first kappa shape index (κ1) is 7.98. The maximum atomic E-state index is 5.49. The fourth-order valence-corrected chi connectivity index (χ4v) is 1.17. The van der Waals surface area contributed by atoms with E-state index in [0.29, 0.717) is 6.23 Å². The zero-order valence-corrected chi connectivity index (χ0v) is 6.76. The quantitative estimate of drug-likeness (QED) is 0.574. The Labute approximate surface area is 62.3 Å². The van der Waals surface area contributed by atoms with Crippen LogP contribution in [0, 0.1) is 0 Å². The predicted octanol–water partition coefficient (Wildman–Crippen LogP) is 0.579. The van der Waals surface area contributed by atoms with Crippen LogP contribution in [-0.4, -0.2) is 31.9 Å². The second-order valence-corrected chi connectivity index (χ2v) is 2.66. The van der Waals surface area contributed by atoms with Crippen LogP contribution in [0.3, 0.4) is 0 Å². The first-order chi connectivity index (χ1) is 4.84. The van der Waals surface area contributed by atoms with Crippen molar-refractivity contribution in [3.05, 3.63) is 0 Å². The van der Waals surface area contributed by atoms with Crippen molar-refractivity contribution in [1.29, 1.82) is 0 Å². The van der Waals surface area contributed by atoms with Gasteiger partial charge in [-0.1, -0.05) is 0 Å². The molecule has 1 aliphatic heterocycles. The summed E-state index contributed by atoms with van der Waals surface area (Å²) >= 11 is 0. The van der Waals surface area contributed by atoms with Crippen LogP contribution in [0.15, 0.2) is 0 Å². The van der Waals surface area contributed by atoms with E-state index in [1.54, 1.807) is 0 Å². The van der Waals surface area contributed by atoms with Gasteiger partial charge in [0.1, 0.15) is 6.23 Å². The molecule has 3 heteroatoms. The van der Waals surface area contributed by atoms with E-state index in [-0.39, 0.29) is 0 Å². The Morgan fingerprint density at radius 1 is 1.50 bits per heavy atom. The molecule has 1 rings (SSSR count). The predicted molar refractivity (Wildman–Crippen MR) is 40.4 cm³/mol. The molecule has 3 nitrogen and oxygen atoms in total. The van der Waals surface area contributed by atoms with Crippen LogP contribution >= 0.6 is 0 Å². The third kappa shape index (κ3) is 1.94. The normalized spacial score (nSPS) is 27.3. The molecular formula is C7H16N2O. The Balaban J connectivity index is 2.24. The summed E-state index contributed by atoms with van der Waals surface area (Å²) in [5, 5.41) is 2.01. The third-order valence-corrected chi connectivity index (χ3v) is 1.94. The number of hydrogen-bond donors (Lipinski definition) is 1. The Kier molecular flexibility index (Phi) is 3.12. The molecule has 1 N–H and O–H groups in total. The highest BCUT2D eigenvalue weighted by molar-refractivity contribution is 4.59. The Morgan fingerprint density at radius 3 is 2.80 bits per heavy atom. The van der Waals surface area contributed by atoms with Gasteiger partial charge in [0.2, 0.25) is 0 Å². The highest BCUT2D eigenvalue weighted by atomic mass is 16.5. The van der Waals surface area contributed by atoms with Gasteiger partial charge < -0.3 is 4.74 Å². The monoisotopic (exact) mass is 144 g/mol. The van der Waals surface area contributed by atoms with Crippen molar-refractivity contribution in [2.24, 2.45) is 0 Å². The second-order valence-electron chi connectivity index (χ2n) is 2.66. The van der Waals surface area contributed by atoms with Crippen molar-refractivity contribution < 1.29 is 4.74 Å². The van der Waals surface area contributed by atoms with Crippen LogP contribution in [0.2, 0.25) is 0 Å². The highest BCUT2D eigenvalue weighted by Gasteiger charge is 2.16. The van der Waals surface area contributed by atoms with Crippen LogP contribution in [0.1, 0.15) is 19.3 Å². The number of nitrogens with one attached hydrogen (secondary N) is 1. The third-order valence-electron chi connectivity index (χ3n) is 1.94. The molecule has 1 fully saturated rings. The minimum Gasteiger partial charge on any atom is -0.362 e. The summed E-state index contributed by atoms with van der Waals surface area (Å²) < 4.78 is 5.49. The fraction of sp³-hybridized carbons (Fsp3) is 1.00. The summed E-state index contributed by atoms with van der Waals surface area (Å²) in [6, 6.07) is 0. The molecule has 1 saturated heterocycles. The Hall–Kier alpha value is -0.120. The number of hydrazine groups is 1. The topological polar surface area (TPSA) is 24.5 Å². The lowest BCUT2D eigenvalue weighted by atomic mass is 10.2. The molecule has 0 bridgehead atoms. The van der Waals surface area contributed by atoms with Crippen LogP contribution in [0.25, 0.3) is 0 Å².